The molecule has 4 nitrogen and oxygen atoms in total. The van der Waals surface area contributed by atoms with Crippen LogP contribution >= 0.6 is 0 Å². The normalized spacial score (nSPS) is 12.4. The number of aromatic nitrogens is 1. The number of carboxylic acid groups (broad SMARTS) is 1. The van der Waals surface area contributed by atoms with Crippen molar-refractivity contribution in [3.63, 3.8) is 0 Å². The zero-order valence-electron chi connectivity index (χ0n) is 15.6. The Labute approximate surface area is 154 Å². The molecule has 3 aromatic rings. The van der Waals surface area contributed by atoms with E-state index >= 15 is 0 Å². The predicted molar refractivity (Wildman–Crippen MR) is 106 cm³/mol. The second-order valence-electron chi connectivity index (χ2n) is 6.85. The van der Waals surface area contributed by atoms with E-state index in [1.54, 1.807) is 0 Å². The SMILES string of the molecule is CC[C@H](C)NCc1c(C(=O)O)n(Cc2ccccc2C)c2ccccc12. The zero-order chi connectivity index (χ0) is 18.7. The number of fused-ring (bicyclic) bond motifs is 1. The fraction of sp³-hybridized carbons (Fsp3) is 0.318. The van der Waals surface area contributed by atoms with Crippen molar-refractivity contribution in [2.24, 2.45) is 0 Å². The molecule has 1 atom stereocenters. The highest BCUT2D eigenvalue weighted by molar-refractivity contribution is 5.98. The van der Waals surface area contributed by atoms with E-state index in [1.807, 2.05) is 41.0 Å². The van der Waals surface area contributed by atoms with Crippen molar-refractivity contribution in [2.75, 3.05) is 0 Å². The van der Waals surface area contributed by atoms with Crippen LogP contribution in [0.1, 0.15) is 47.4 Å². The maximum atomic E-state index is 12.2. The van der Waals surface area contributed by atoms with Crippen molar-refractivity contribution in [3.05, 3.63) is 70.9 Å². The Hall–Kier alpha value is -2.59. The van der Waals surface area contributed by atoms with Crippen LogP contribution < -0.4 is 5.32 Å². The van der Waals surface area contributed by atoms with Gasteiger partial charge in [-0.3, -0.25) is 0 Å². The molecule has 1 heterocycles. The first kappa shape index (κ1) is 18.2. The van der Waals surface area contributed by atoms with Gasteiger partial charge in [0.1, 0.15) is 5.69 Å². The minimum absolute atomic E-state index is 0.343. The van der Waals surface area contributed by atoms with Crippen molar-refractivity contribution in [3.8, 4) is 0 Å². The molecular weight excluding hydrogens is 324 g/mol. The van der Waals surface area contributed by atoms with Gasteiger partial charge in [-0.15, -0.1) is 0 Å². The smallest absolute Gasteiger partial charge is 0.352 e. The fourth-order valence-electron chi connectivity index (χ4n) is 3.34. The summed E-state index contributed by atoms with van der Waals surface area (Å²) in [5.41, 5.74) is 4.51. The number of nitrogens with zero attached hydrogens (tertiary/aromatic N) is 1. The minimum atomic E-state index is -0.879. The molecule has 0 aliphatic rings. The first-order chi connectivity index (χ1) is 12.5. The molecule has 1 aromatic heterocycles. The Balaban J connectivity index is 2.13. The van der Waals surface area contributed by atoms with Crippen molar-refractivity contribution < 1.29 is 9.90 Å². The van der Waals surface area contributed by atoms with Gasteiger partial charge in [0.15, 0.2) is 0 Å². The van der Waals surface area contributed by atoms with Gasteiger partial charge in [0.2, 0.25) is 0 Å². The van der Waals surface area contributed by atoms with E-state index < -0.39 is 5.97 Å². The number of benzene rings is 2. The van der Waals surface area contributed by atoms with Crippen molar-refractivity contribution in [2.45, 2.75) is 46.3 Å². The largest absolute Gasteiger partial charge is 0.477 e. The summed E-state index contributed by atoms with van der Waals surface area (Å²) in [6.07, 6.45) is 1.00. The molecular formula is C22H26N2O2. The lowest BCUT2D eigenvalue weighted by atomic mass is 10.1. The maximum absolute atomic E-state index is 12.2. The van der Waals surface area contributed by atoms with Gasteiger partial charge in [-0.25, -0.2) is 4.79 Å². The number of aromatic carboxylic acids is 1. The molecule has 0 unspecified atom stereocenters. The average Bonchev–Trinajstić information content (AvgIpc) is 2.95. The first-order valence-corrected chi connectivity index (χ1v) is 9.14. The third-order valence-corrected chi connectivity index (χ3v) is 5.11. The van der Waals surface area contributed by atoms with Gasteiger partial charge >= 0.3 is 5.97 Å². The van der Waals surface area contributed by atoms with Crippen LogP contribution in [0.4, 0.5) is 0 Å². The lowest BCUT2D eigenvalue weighted by molar-refractivity contribution is 0.0684. The van der Waals surface area contributed by atoms with Crippen LogP contribution in [0.2, 0.25) is 0 Å². The quantitative estimate of drug-likeness (QED) is 0.655. The van der Waals surface area contributed by atoms with Gasteiger partial charge in [-0.2, -0.15) is 0 Å². The summed E-state index contributed by atoms with van der Waals surface area (Å²) in [6.45, 7) is 7.41. The molecule has 2 aromatic carbocycles. The van der Waals surface area contributed by atoms with Crippen molar-refractivity contribution in [1.29, 1.82) is 0 Å². The van der Waals surface area contributed by atoms with Gasteiger partial charge < -0.3 is 15.0 Å². The van der Waals surface area contributed by atoms with Gasteiger partial charge in [-0.05, 0) is 37.5 Å². The number of nitrogens with one attached hydrogen (secondary N) is 1. The zero-order valence-corrected chi connectivity index (χ0v) is 15.6. The van der Waals surface area contributed by atoms with Gasteiger partial charge in [0.25, 0.3) is 0 Å². The topological polar surface area (TPSA) is 54.3 Å². The number of para-hydroxylation sites is 1. The van der Waals surface area contributed by atoms with Gasteiger partial charge in [-0.1, -0.05) is 49.4 Å². The predicted octanol–water partition coefficient (Wildman–Crippen LogP) is 4.58. The Morgan fingerprint density at radius 1 is 1.15 bits per heavy atom. The fourth-order valence-corrected chi connectivity index (χ4v) is 3.34. The Kier molecular flexibility index (Phi) is 5.43. The molecule has 0 fully saturated rings. The summed E-state index contributed by atoms with van der Waals surface area (Å²) in [6, 6.07) is 16.4. The molecule has 0 amide bonds. The molecule has 3 rings (SSSR count). The summed E-state index contributed by atoms with van der Waals surface area (Å²) >= 11 is 0. The van der Waals surface area contributed by atoms with E-state index in [1.165, 1.54) is 5.56 Å². The third-order valence-electron chi connectivity index (χ3n) is 5.11. The van der Waals surface area contributed by atoms with E-state index in [9.17, 15) is 9.90 Å². The highest BCUT2D eigenvalue weighted by atomic mass is 16.4. The second-order valence-corrected chi connectivity index (χ2v) is 6.85. The van der Waals surface area contributed by atoms with Gasteiger partial charge in [0, 0.05) is 35.6 Å². The van der Waals surface area contributed by atoms with Crippen LogP contribution in [-0.2, 0) is 13.1 Å². The Bertz CT molecular complexity index is 927. The lowest BCUT2D eigenvalue weighted by Crippen LogP contribution is -2.25. The highest BCUT2D eigenvalue weighted by Gasteiger charge is 2.22. The number of aryl methyl sites for hydroxylation is 1. The van der Waals surface area contributed by atoms with E-state index in [0.29, 0.717) is 24.8 Å². The van der Waals surface area contributed by atoms with Gasteiger partial charge in [0.05, 0.1) is 0 Å². The van der Waals surface area contributed by atoms with Crippen LogP contribution in [0.15, 0.2) is 48.5 Å². The standard InChI is InChI=1S/C22H26N2O2/c1-4-16(3)23-13-19-18-11-7-8-12-20(18)24(21(19)22(25)26)14-17-10-6-5-9-15(17)2/h5-12,16,23H,4,13-14H2,1-3H3,(H,25,26)/t16-/m0/s1. The molecule has 0 bridgehead atoms. The minimum Gasteiger partial charge on any atom is -0.477 e. The molecule has 4 heteroatoms. The first-order valence-electron chi connectivity index (χ1n) is 9.14. The van der Waals surface area contributed by atoms with E-state index in [4.69, 9.17) is 0 Å². The van der Waals surface area contributed by atoms with E-state index in [0.717, 1.165) is 28.5 Å². The molecule has 0 saturated carbocycles. The number of rotatable bonds is 7. The summed E-state index contributed by atoms with van der Waals surface area (Å²) in [4.78, 5) is 12.2. The van der Waals surface area contributed by atoms with Crippen molar-refractivity contribution in [1.82, 2.24) is 9.88 Å². The summed E-state index contributed by atoms with van der Waals surface area (Å²) in [5, 5.41) is 14.4. The second kappa shape index (κ2) is 7.75. The van der Waals surface area contributed by atoms with Crippen LogP contribution in [0.5, 0.6) is 0 Å². The van der Waals surface area contributed by atoms with Crippen LogP contribution in [-0.4, -0.2) is 21.7 Å². The molecule has 136 valence electrons. The molecule has 0 aliphatic heterocycles. The van der Waals surface area contributed by atoms with Crippen LogP contribution in [0.3, 0.4) is 0 Å². The lowest BCUT2D eigenvalue weighted by Gasteiger charge is -2.13. The molecule has 26 heavy (non-hydrogen) atoms. The van der Waals surface area contributed by atoms with Crippen LogP contribution in [0, 0.1) is 6.92 Å². The number of hydrogen-bond donors (Lipinski definition) is 2. The van der Waals surface area contributed by atoms with E-state index in [-0.39, 0.29) is 0 Å². The summed E-state index contributed by atoms with van der Waals surface area (Å²) < 4.78 is 1.94. The molecule has 0 radical (unpaired) electrons. The summed E-state index contributed by atoms with van der Waals surface area (Å²) in [7, 11) is 0. The molecule has 0 saturated heterocycles. The number of hydrogen-bond acceptors (Lipinski definition) is 2. The monoisotopic (exact) mass is 350 g/mol. The van der Waals surface area contributed by atoms with Crippen LogP contribution in [0.25, 0.3) is 10.9 Å². The highest BCUT2D eigenvalue weighted by Crippen LogP contribution is 2.28. The third kappa shape index (κ3) is 3.51. The van der Waals surface area contributed by atoms with Crippen molar-refractivity contribution >= 4 is 16.9 Å². The average molecular weight is 350 g/mol. The molecule has 2 N–H and O–H groups in total. The Morgan fingerprint density at radius 3 is 2.54 bits per heavy atom. The molecule has 0 spiro atoms. The number of carboxylic acids is 1. The maximum Gasteiger partial charge on any atom is 0.352 e. The Morgan fingerprint density at radius 2 is 1.85 bits per heavy atom. The number of carbonyl (C=O) groups is 1. The van der Waals surface area contributed by atoms with E-state index in [2.05, 4.69) is 38.2 Å². The summed E-state index contributed by atoms with van der Waals surface area (Å²) in [5.74, 6) is -0.879. The molecule has 0 aliphatic carbocycles.